The second-order valence-electron chi connectivity index (χ2n) is 4.39. The molecular formula is C16H8F2O4. The molecule has 0 heterocycles. The molecule has 0 unspecified atom stereocenters. The fourth-order valence-electron chi connectivity index (χ4n) is 2.06. The third-order valence-electron chi connectivity index (χ3n) is 3.15. The van der Waals surface area contributed by atoms with Crippen LogP contribution in [0.15, 0.2) is 24.3 Å². The minimum atomic E-state index is -0.942. The molecule has 0 radical (unpaired) electrons. The van der Waals surface area contributed by atoms with Gasteiger partial charge in [0.05, 0.1) is 11.1 Å². The normalized spacial score (nSPS) is 10.1. The Morgan fingerprint density at radius 2 is 0.955 bits per heavy atom. The molecular weight excluding hydrogens is 294 g/mol. The van der Waals surface area contributed by atoms with E-state index >= 15 is 0 Å². The molecule has 110 valence electrons. The summed E-state index contributed by atoms with van der Waals surface area (Å²) < 4.78 is 27.6. The number of carbonyl (C=O) groups excluding carboxylic acids is 4. The fraction of sp³-hybridized carbons (Fsp3) is 0. The summed E-state index contributed by atoms with van der Waals surface area (Å²) >= 11 is 0. The van der Waals surface area contributed by atoms with Crippen molar-refractivity contribution in [2.75, 3.05) is 0 Å². The number of hydrogen-bond donors (Lipinski definition) is 0. The molecule has 0 aliphatic rings. The Morgan fingerprint density at radius 1 is 0.591 bits per heavy atom. The smallest absolute Gasteiger partial charge is 0.153 e. The molecule has 22 heavy (non-hydrogen) atoms. The van der Waals surface area contributed by atoms with Crippen LogP contribution in [0.2, 0.25) is 0 Å². The molecule has 0 amide bonds. The van der Waals surface area contributed by atoms with Crippen LogP contribution in [0.4, 0.5) is 8.78 Å². The average Bonchev–Trinajstić information content (AvgIpc) is 2.52. The number of carbonyl (C=O) groups is 4. The molecule has 2 aromatic carbocycles. The third kappa shape index (κ3) is 2.58. The van der Waals surface area contributed by atoms with Crippen molar-refractivity contribution >= 4 is 25.1 Å². The molecule has 2 aromatic rings. The first-order chi connectivity index (χ1) is 10.5. The summed E-state index contributed by atoms with van der Waals surface area (Å²) in [5.74, 6) is -1.88. The van der Waals surface area contributed by atoms with Gasteiger partial charge in [0.1, 0.15) is 11.6 Å². The Bertz CT molecular complexity index is 730. The van der Waals surface area contributed by atoms with Gasteiger partial charge in [-0.25, -0.2) is 8.78 Å². The molecule has 0 saturated carbocycles. The van der Waals surface area contributed by atoms with Gasteiger partial charge in [-0.1, -0.05) is 0 Å². The minimum Gasteiger partial charge on any atom is -0.298 e. The van der Waals surface area contributed by atoms with E-state index < -0.39 is 22.8 Å². The Kier molecular flexibility index (Phi) is 4.31. The molecule has 0 bridgehead atoms. The SMILES string of the molecule is O=Cc1cc(-c2cc(F)c(C=O)c(C=O)c2)cc(F)c1C=O. The van der Waals surface area contributed by atoms with Crippen molar-refractivity contribution in [1.82, 2.24) is 0 Å². The van der Waals surface area contributed by atoms with Crippen molar-refractivity contribution in [2.45, 2.75) is 0 Å². The van der Waals surface area contributed by atoms with Gasteiger partial charge in [-0.15, -0.1) is 0 Å². The van der Waals surface area contributed by atoms with Crippen LogP contribution in [0.5, 0.6) is 0 Å². The number of aldehydes is 4. The lowest BCUT2D eigenvalue weighted by Gasteiger charge is -2.08. The van der Waals surface area contributed by atoms with E-state index in [0.29, 0.717) is 12.6 Å². The second-order valence-corrected chi connectivity index (χ2v) is 4.39. The molecule has 0 N–H and O–H groups in total. The molecule has 0 fully saturated rings. The highest BCUT2D eigenvalue weighted by Crippen LogP contribution is 2.27. The first-order valence-electron chi connectivity index (χ1n) is 6.03. The quantitative estimate of drug-likeness (QED) is 0.796. The summed E-state index contributed by atoms with van der Waals surface area (Å²) in [5, 5.41) is 0. The lowest BCUT2D eigenvalue weighted by molar-refractivity contribution is 0.109. The van der Waals surface area contributed by atoms with Gasteiger partial charge < -0.3 is 0 Å². The third-order valence-corrected chi connectivity index (χ3v) is 3.15. The molecule has 0 aliphatic heterocycles. The average molecular weight is 302 g/mol. The van der Waals surface area contributed by atoms with Crippen molar-refractivity contribution in [3.05, 3.63) is 58.2 Å². The van der Waals surface area contributed by atoms with Gasteiger partial charge in [-0.05, 0) is 35.4 Å². The van der Waals surface area contributed by atoms with Crippen LogP contribution < -0.4 is 0 Å². The summed E-state index contributed by atoms with van der Waals surface area (Å²) in [7, 11) is 0. The second kappa shape index (κ2) is 6.17. The highest BCUT2D eigenvalue weighted by molar-refractivity contribution is 5.94. The maximum Gasteiger partial charge on any atom is 0.153 e. The molecule has 0 spiro atoms. The number of hydrogen-bond acceptors (Lipinski definition) is 4. The van der Waals surface area contributed by atoms with E-state index in [1.54, 1.807) is 0 Å². The van der Waals surface area contributed by atoms with Gasteiger partial charge in [0.25, 0.3) is 0 Å². The van der Waals surface area contributed by atoms with E-state index in [0.717, 1.165) is 12.1 Å². The van der Waals surface area contributed by atoms with Crippen molar-refractivity contribution in [3.63, 3.8) is 0 Å². The van der Waals surface area contributed by atoms with Crippen LogP contribution in [-0.2, 0) is 0 Å². The Labute approximate surface area is 123 Å². The molecule has 0 saturated heterocycles. The lowest BCUT2D eigenvalue weighted by Crippen LogP contribution is -2.00. The van der Waals surface area contributed by atoms with Crippen molar-refractivity contribution in [1.29, 1.82) is 0 Å². The van der Waals surface area contributed by atoms with E-state index in [2.05, 4.69) is 0 Å². The Balaban J connectivity index is 2.72. The largest absolute Gasteiger partial charge is 0.298 e. The zero-order valence-corrected chi connectivity index (χ0v) is 11.0. The van der Waals surface area contributed by atoms with E-state index in [1.165, 1.54) is 12.1 Å². The monoisotopic (exact) mass is 302 g/mol. The predicted molar refractivity (Wildman–Crippen MR) is 73.3 cm³/mol. The maximum absolute atomic E-state index is 13.8. The van der Waals surface area contributed by atoms with Crippen molar-refractivity contribution in [2.24, 2.45) is 0 Å². The summed E-state index contributed by atoms with van der Waals surface area (Å²) in [4.78, 5) is 43.3. The summed E-state index contributed by atoms with van der Waals surface area (Å²) in [6.07, 6.45) is 1.01. The van der Waals surface area contributed by atoms with E-state index in [-0.39, 0.29) is 34.8 Å². The topological polar surface area (TPSA) is 68.3 Å². The number of rotatable bonds is 5. The highest BCUT2D eigenvalue weighted by Gasteiger charge is 2.15. The summed E-state index contributed by atoms with van der Waals surface area (Å²) in [6, 6.07) is 4.29. The van der Waals surface area contributed by atoms with Crippen LogP contribution >= 0.6 is 0 Å². The highest BCUT2D eigenvalue weighted by atomic mass is 19.1. The van der Waals surface area contributed by atoms with Gasteiger partial charge in [-0.2, -0.15) is 0 Å². The zero-order valence-electron chi connectivity index (χ0n) is 11.0. The van der Waals surface area contributed by atoms with Crippen molar-refractivity contribution < 1.29 is 28.0 Å². The minimum absolute atomic E-state index is 0.102. The fourth-order valence-corrected chi connectivity index (χ4v) is 2.06. The zero-order chi connectivity index (χ0) is 16.3. The lowest BCUT2D eigenvalue weighted by atomic mass is 9.96. The van der Waals surface area contributed by atoms with E-state index in [4.69, 9.17) is 0 Å². The first-order valence-corrected chi connectivity index (χ1v) is 6.03. The molecule has 4 nitrogen and oxygen atoms in total. The molecule has 0 aromatic heterocycles. The van der Waals surface area contributed by atoms with E-state index in [9.17, 15) is 28.0 Å². The Hall–Kier alpha value is -3.02. The molecule has 0 aliphatic carbocycles. The van der Waals surface area contributed by atoms with Crippen LogP contribution in [-0.4, -0.2) is 25.1 Å². The maximum atomic E-state index is 13.8. The van der Waals surface area contributed by atoms with Gasteiger partial charge in [0, 0.05) is 11.1 Å². The van der Waals surface area contributed by atoms with Gasteiger partial charge >= 0.3 is 0 Å². The van der Waals surface area contributed by atoms with Crippen LogP contribution in [0.25, 0.3) is 11.1 Å². The summed E-state index contributed by atoms with van der Waals surface area (Å²) in [5.41, 5.74) is -0.997. The van der Waals surface area contributed by atoms with Gasteiger partial charge in [0.15, 0.2) is 25.1 Å². The molecule has 6 heteroatoms. The Morgan fingerprint density at radius 3 is 1.23 bits per heavy atom. The molecule has 2 rings (SSSR count). The van der Waals surface area contributed by atoms with Gasteiger partial charge in [0.2, 0.25) is 0 Å². The molecule has 0 atom stereocenters. The van der Waals surface area contributed by atoms with Crippen LogP contribution in [0, 0.1) is 11.6 Å². The summed E-state index contributed by atoms with van der Waals surface area (Å²) in [6.45, 7) is 0. The first kappa shape index (κ1) is 15.4. The number of halogens is 2. The van der Waals surface area contributed by atoms with Gasteiger partial charge in [-0.3, -0.25) is 19.2 Å². The van der Waals surface area contributed by atoms with Crippen molar-refractivity contribution in [3.8, 4) is 11.1 Å². The standard InChI is InChI=1S/C16H8F2O4/c17-15-3-9(1-11(5-19)13(15)7-21)10-2-12(6-20)14(8-22)16(18)4-10/h1-8H. The van der Waals surface area contributed by atoms with E-state index in [1.807, 2.05) is 0 Å². The van der Waals surface area contributed by atoms with Crippen LogP contribution in [0.3, 0.4) is 0 Å². The number of benzene rings is 2. The predicted octanol–water partition coefficient (Wildman–Crippen LogP) is 2.88. The van der Waals surface area contributed by atoms with Crippen LogP contribution in [0.1, 0.15) is 41.4 Å².